The number of anilines is 1. The number of nitrogens with one attached hydrogen (secondary N) is 1. The standard InChI is InChI=1S/C32H40ClN3O6S/c1-7-28(32(38)34-19-22(2)3)35(20-24-10-8-9-23(4)17-24)31(37)21-36(26-13-11-25(33)12-14-26)43(39,40)27-15-16-29(41-5)30(18-27)42-6/h8-18,22,28H,7,19-21H2,1-6H3,(H,34,38)/t28-/m0/s1. The lowest BCUT2D eigenvalue weighted by Crippen LogP contribution is -2.52. The fraction of sp³-hybridized carbons (Fsp3) is 0.375. The number of aryl methyl sites for hydroxylation is 1. The van der Waals surface area contributed by atoms with Crippen LogP contribution in [0.1, 0.15) is 38.3 Å². The van der Waals surface area contributed by atoms with Gasteiger partial charge in [-0.2, -0.15) is 0 Å². The molecule has 0 saturated carbocycles. The maximum Gasteiger partial charge on any atom is 0.264 e. The van der Waals surface area contributed by atoms with Crippen LogP contribution in [0.2, 0.25) is 5.02 Å². The van der Waals surface area contributed by atoms with Crippen LogP contribution in [-0.2, 0) is 26.2 Å². The van der Waals surface area contributed by atoms with Gasteiger partial charge in [0.15, 0.2) is 11.5 Å². The van der Waals surface area contributed by atoms with Crippen LogP contribution in [0.15, 0.2) is 71.6 Å². The van der Waals surface area contributed by atoms with Crippen molar-refractivity contribution in [2.75, 3.05) is 31.6 Å². The minimum atomic E-state index is -4.30. The first kappa shape index (κ1) is 33.7. The van der Waals surface area contributed by atoms with E-state index in [4.69, 9.17) is 21.1 Å². The molecule has 0 heterocycles. The van der Waals surface area contributed by atoms with Crippen LogP contribution in [0.25, 0.3) is 0 Å². The summed E-state index contributed by atoms with van der Waals surface area (Å²) in [6.07, 6.45) is 0.338. The number of rotatable bonds is 14. The number of benzene rings is 3. The van der Waals surface area contributed by atoms with Gasteiger partial charge in [-0.3, -0.25) is 13.9 Å². The summed E-state index contributed by atoms with van der Waals surface area (Å²) >= 11 is 6.11. The lowest BCUT2D eigenvalue weighted by molar-refractivity contribution is -0.140. The maximum absolute atomic E-state index is 14.2. The summed E-state index contributed by atoms with van der Waals surface area (Å²) in [6, 6.07) is 17.2. The zero-order valence-electron chi connectivity index (χ0n) is 25.5. The van der Waals surface area contributed by atoms with Gasteiger partial charge >= 0.3 is 0 Å². The highest BCUT2D eigenvalue weighted by Gasteiger charge is 2.34. The van der Waals surface area contributed by atoms with Crippen molar-refractivity contribution in [2.45, 2.75) is 51.6 Å². The number of ether oxygens (including phenoxy) is 2. The van der Waals surface area contributed by atoms with Crippen molar-refractivity contribution in [1.29, 1.82) is 0 Å². The number of carbonyl (C=O) groups excluding carboxylic acids is 2. The Bertz CT molecular complexity index is 1510. The average molecular weight is 630 g/mol. The van der Waals surface area contributed by atoms with Gasteiger partial charge in [-0.05, 0) is 61.2 Å². The van der Waals surface area contributed by atoms with Gasteiger partial charge in [0, 0.05) is 24.2 Å². The monoisotopic (exact) mass is 629 g/mol. The largest absolute Gasteiger partial charge is 0.493 e. The molecule has 0 aliphatic rings. The lowest BCUT2D eigenvalue weighted by Gasteiger charge is -2.33. The molecule has 1 N–H and O–H groups in total. The molecule has 0 spiro atoms. The Morgan fingerprint density at radius 2 is 1.63 bits per heavy atom. The van der Waals surface area contributed by atoms with Crippen LogP contribution in [0.4, 0.5) is 5.69 Å². The van der Waals surface area contributed by atoms with Crippen molar-refractivity contribution in [2.24, 2.45) is 5.92 Å². The Morgan fingerprint density at radius 1 is 0.953 bits per heavy atom. The molecular formula is C32H40ClN3O6S. The van der Waals surface area contributed by atoms with Gasteiger partial charge in [0.25, 0.3) is 10.0 Å². The van der Waals surface area contributed by atoms with E-state index < -0.39 is 28.5 Å². The second-order valence-corrected chi connectivity index (χ2v) is 12.9. The summed E-state index contributed by atoms with van der Waals surface area (Å²) in [5, 5.41) is 3.34. The molecule has 3 aromatic rings. The summed E-state index contributed by atoms with van der Waals surface area (Å²) < 4.78 is 39.9. The van der Waals surface area contributed by atoms with Crippen molar-refractivity contribution >= 4 is 39.1 Å². The van der Waals surface area contributed by atoms with E-state index in [1.54, 1.807) is 12.1 Å². The van der Waals surface area contributed by atoms with Gasteiger partial charge < -0.3 is 19.7 Å². The molecule has 0 aromatic heterocycles. The van der Waals surface area contributed by atoms with E-state index >= 15 is 0 Å². The maximum atomic E-state index is 14.2. The van der Waals surface area contributed by atoms with E-state index in [9.17, 15) is 18.0 Å². The normalized spacial score (nSPS) is 12.0. The van der Waals surface area contributed by atoms with E-state index in [1.165, 1.54) is 49.5 Å². The van der Waals surface area contributed by atoms with Crippen LogP contribution in [-0.4, -0.2) is 58.5 Å². The van der Waals surface area contributed by atoms with E-state index in [-0.39, 0.29) is 34.7 Å². The number of nitrogens with zero attached hydrogens (tertiary/aromatic N) is 2. The van der Waals surface area contributed by atoms with E-state index in [2.05, 4.69) is 5.32 Å². The summed E-state index contributed by atoms with van der Waals surface area (Å²) in [5.74, 6) is -0.0301. The van der Waals surface area contributed by atoms with Crippen LogP contribution in [0.3, 0.4) is 0 Å². The van der Waals surface area contributed by atoms with E-state index in [0.29, 0.717) is 23.7 Å². The van der Waals surface area contributed by atoms with Gasteiger partial charge in [-0.1, -0.05) is 62.2 Å². The molecule has 0 unspecified atom stereocenters. The second-order valence-electron chi connectivity index (χ2n) is 10.6. The van der Waals surface area contributed by atoms with Crippen LogP contribution in [0, 0.1) is 12.8 Å². The first-order valence-corrected chi connectivity index (χ1v) is 15.9. The van der Waals surface area contributed by atoms with Crippen LogP contribution < -0.4 is 19.1 Å². The molecule has 1 atom stereocenters. The highest BCUT2D eigenvalue weighted by Crippen LogP contribution is 2.33. The smallest absolute Gasteiger partial charge is 0.264 e. The molecular weight excluding hydrogens is 590 g/mol. The summed E-state index contributed by atoms with van der Waals surface area (Å²) in [6.45, 7) is 7.76. The molecule has 0 aliphatic heterocycles. The topological polar surface area (TPSA) is 105 Å². The second kappa shape index (κ2) is 15.1. The molecule has 2 amide bonds. The fourth-order valence-corrected chi connectivity index (χ4v) is 6.15. The zero-order valence-corrected chi connectivity index (χ0v) is 27.0. The van der Waals surface area contributed by atoms with Gasteiger partial charge in [0.1, 0.15) is 12.6 Å². The van der Waals surface area contributed by atoms with Gasteiger partial charge in [0.05, 0.1) is 24.8 Å². The first-order valence-electron chi connectivity index (χ1n) is 14.0. The molecule has 3 aromatic carbocycles. The molecule has 0 radical (unpaired) electrons. The number of sulfonamides is 1. The predicted molar refractivity (Wildman–Crippen MR) is 169 cm³/mol. The number of methoxy groups -OCH3 is 2. The third-order valence-electron chi connectivity index (χ3n) is 6.84. The average Bonchev–Trinajstić information content (AvgIpc) is 2.98. The summed E-state index contributed by atoms with van der Waals surface area (Å²) in [5.41, 5.74) is 2.06. The molecule has 43 heavy (non-hydrogen) atoms. The minimum Gasteiger partial charge on any atom is -0.493 e. The third kappa shape index (κ3) is 8.64. The number of hydrogen-bond acceptors (Lipinski definition) is 6. The van der Waals surface area contributed by atoms with E-state index in [0.717, 1.165) is 15.4 Å². The van der Waals surface area contributed by atoms with Gasteiger partial charge in [-0.25, -0.2) is 8.42 Å². The molecule has 9 nitrogen and oxygen atoms in total. The SMILES string of the molecule is CC[C@@H](C(=O)NCC(C)C)N(Cc1cccc(C)c1)C(=O)CN(c1ccc(Cl)cc1)S(=O)(=O)c1ccc(OC)c(OC)c1. The molecule has 232 valence electrons. The molecule has 0 aliphatic carbocycles. The van der Waals surface area contributed by atoms with Crippen molar-refractivity contribution in [3.63, 3.8) is 0 Å². The van der Waals surface area contributed by atoms with Crippen LogP contribution >= 0.6 is 11.6 Å². The molecule has 11 heteroatoms. The number of carbonyl (C=O) groups is 2. The molecule has 0 bridgehead atoms. The predicted octanol–water partition coefficient (Wildman–Crippen LogP) is 5.44. The van der Waals surface area contributed by atoms with Crippen molar-refractivity contribution in [3.05, 3.63) is 82.9 Å². The highest BCUT2D eigenvalue weighted by molar-refractivity contribution is 7.92. The minimum absolute atomic E-state index is 0.0974. The lowest BCUT2D eigenvalue weighted by atomic mass is 10.1. The third-order valence-corrected chi connectivity index (χ3v) is 8.86. The summed E-state index contributed by atoms with van der Waals surface area (Å²) in [7, 11) is -1.44. The van der Waals surface area contributed by atoms with Crippen molar-refractivity contribution < 1.29 is 27.5 Å². The van der Waals surface area contributed by atoms with Crippen molar-refractivity contribution in [1.82, 2.24) is 10.2 Å². The first-order chi connectivity index (χ1) is 20.4. The van der Waals surface area contributed by atoms with Gasteiger partial charge in [-0.15, -0.1) is 0 Å². The van der Waals surface area contributed by atoms with E-state index in [1.807, 2.05) is 52.0 Å². The van der Waals surface area contributed by atoms with Crippen LogP contribution in [0.5, 0.6) is 11.5 Å². The Morgan fingerprint density at radius 3 is 2.21 bits per heavy atom. The molecule has 3 rings (SSSR count). The Labute approximate surface area is 259 Å². The zero-order chi connectivity index (χ0) is 31.7. The number of amides is 2. The summed E-state index contributed by atoms with van der Waals surface area (Å²) in [4.78, 5) is 28.9. The van der Waals surface area contributed by atoms with Crippen molar-refractivity contribution in [3.8, 4) is 11.5 Å². The number of hydrogen-bond donors (Lipinski definition) is 1. The quantitative estimate of drug-likeness (QED) is 0.255. The molecule has 0 saturated heterocycles. The highest BCUT2D eigenvalue weighted by atomic mass is 35.5. The Kier molecular flexibility index (Phi) is 11.9. The Balaban J connectivity index is 2.08. The Hall–Kier alpha value is -3.76. The van der Waals surface area contributed by atoms with Gasteiger partial charge in [0.2, 0.25) is 11.8 Å². The molecule has 0 fully saturated rings. The fourth-order valence-electron chi connectivity index (χ4n) is 4.59. The number of halogens is 1.